The molecule has 0 radical (unpaired) electrons. The van der Waals surface area contributed by atoms with Gasteiger partial charge in [-0.1, -0.05) is 0 Å². The Morgan fingerprint density at radius 2 is 2.25 bits per heavy atom. The van der Waals surface area contributed by atoms with Crippen molar-refractivity contribution in [2.75, 3.05) is 6.54 Å². The van der Waals surface area contributed by atoms with E-state index < -0.39 is 0 Å². The Bertz CT molecular complexity index is 427. The van der Waals surface area contributed by atoms with Crippen LogP contribution in [0.15, 0.2) is 6.20 Å². The first kappa shape index (κ1) is 11.3. The highest BCUT2D eigenvalue weighted by molar-refractivity contribution is 7.11. The molecule has 1 amide bonds. The highest BCUT2D eigenvalue weighted by Crippen LogP contribution is 2.26. The summed E-state index contributed by atoms with van der Waals surface area (Å²) >= 11 is 1.60. The minimum Gasteiger partial charge on any atom is -0.333 e. The lowest BCUT2D eigenvalue weighted by molar-refractivity contribution is -0.141. The van der Waals surface area contributed by atoms with Gasteiger partial charge in [-0.25, -0.2) is 4.98 Å². The van der Waals surface area contributed by atoms with Crippen molar-refractivity contribution in [1.82, 2.24) is 9.88 Å². The first-order valence-corrected chi connectivity index (χ1v) is 6.13. The number of amides is 1. The van der Waals surface area contributed by atoms with Gasteiger partial charge >= 0.3 is 0 Å². The minimum atomic E-state index is -0.0726. The summed E-state index contributed by atoms with van der Waals surface area (Å²) in [6.07, 6.45) is 2.34. The molecule has 2 heterocycles. The zero-order chi connectivity index (χ0) is 11.7. The molecule has 0 bridgehead atoms. The van der Waals surface area contributed by atoms with Crippen LogP contribution in [0.25, 0.3) is 0 Å². The van der Waals surface area contributed by atoms with Crippen molar-refractivity contribution in [3.63, 3.8) is 0 Å². The smallest absolute Gasteiger partial charge is 0.230 e. The number of ketones is 1. The molecule has 0 spiro atoms. The van der Waals surface area contributed by atoms with Crippen molar-refractivity contribution in [3.05, 3.63) is 16.1 Å². The lowest BCUT2D eigenvalue weighted by Gasteiger charge is -2.30. The monoisotopic (exact) mass is 238 g/mol. The third-order valence-corrected chi connectivity index (χ3v) is 3.85. The number of aryl methyl sites for hydroxylation is 1. The van der Waals surface area contributed by atoms with Crippen LogP contribution in [-0.2, 0) is 9.59 Å². The molecule has 0 aromatic carbocycles. The van der Waals surface area contributed by atoms with Crippen LogP contribution in [0.5, 0.6) is 0 Å². The Hall–Kier alpha value is -1.23. The van der Waals surface area contributed by atoms with Crippen molar-refractivity contribution in [1.29, 1.82) is 0 Å². The second-order valence-electron chi connectivity index (χ2n) is 4.04. The van der Waals surface area contributed by atoms with Crippen LogP contribution in [0.1, 0.15) is 35.7 Å². The molecule has 1 aliphatic heterocycles. The molecule has 1 fully saturated rings. The summed E-state index contributed by atoms with van der Waals surface area (Å²) in [4.78, 5) is 30.0. The SMILES string of the molecule is Cc1cnc(C(C)N2CCC(=O)CC2=O)s1. The van der Waals surface area contributed by atoms with E-state index in [2.05, 4.69) is 4.98 Å². The van der Waals surface area contributed by atoms with Gasteiger partial charge in [0.1, 0.15) is 10.8 Å². The molecule has 0 aliphatic carbocycles. The van der Waals surface area contributed by atoms with Gasteiger partial charge in [0.15, 0.2) is 0 Å². The number of hydrogen-bond acceptors (Lipinski definition) is 4. The van der Waals surface area contributed by atoms with Gasteiger partial charge in [0.05, 0.1) is 12.5 Å². The lowest BCUT2D eigenvalue weighted by atomic mass is 10.1. The van der Waals surface area contributed by atoms with E-state index in [9.17, 15) is 9.59 Å². The van der Waals surface area contributed by atoms with Gasteiger partial charge < -0.3 is 4.90 Å². The largest absolute Gasteiger partial charge is 0.333 e. The van der Waals surface area contributed by atoms with Crippen LogP contribution < -0.4 is 0 Å². The topological polar surface area (TPSA) is 50.3 Å². The molecular weight excluding hydrogens is 224 g/mol. The van der Waals surface area contributed by atoms with E-state index in [1.165, 1.54) is 0 Å². The Morgan fingerprint density at radius 3 is 2.81 bits per heavy atom. The number of Topliss-reactive ketones (excluding diaryl/α,β-unsaturated/α-hetero) is 1. The second-order valence-corrected chi connectivity index (χ2v) is 5.30. The molecular formula is C11H14N2O2S. The second kappa shape index (κ2) is 4.33. The molecule has 16 heavy (non-hydrogen) atoms. The van der Waals surface area contributed by atoms with Crippen molar-refractivity contribution in [2.45, 2.75) is 32.7 Å². The molecule has 1 aliphatic rings. The Kier molecular flexibility index (Phi) is 3.05. The van der Waals surface area contributed by atoms with E-state index in [4.69, 9.17) is 0 Å². The van der Waals surface area contributed by atoms with Gasteiger partial charge in [0.2, 0.25) is 5.91 Å². The van der Waals surface area contributed by atoms with Crippen LogP contribution in [-0.4, -0.2) is 28.1 Å². The lowest BCUT2D eigenvalue weighted by Crippen LogP contribution is -2.40. The first-order valence-electron chi connectivity index (χ1n) is 5.31. The fourth-order valence-electron chi connectivity index (χ4n) is 1.84. The quantitative estimate of drug-likeness (QED) is 0.737. The van der Waals surface area contributed by atoms with Crippen molar-refractivity contribution in [2.24, 2.45) is 0 Å². The van der Waals surface area contributed by atoms with E-state index in [0.29, 0.717) is 13.0 Å². The number of thiazole rings is 1. The van der Waals surface area contributed by atoms with Crippen molar-refractivity contribution in [3.8, 4) is 0 Å². The van der Waals surface area contributed by atoms with Crippen LogP contribution in [0.4, 0.5) is 0 Å². The fraction of sp³-hybridized carbons (Fsp3) is 0.545. The molecule has 1 aromatic heterocycles. The Labute approximate surface area is 98.3 Å². The molecule has 0 N–H and O–H groups in total. The van der Waals surface area contributed by atoms with Crippen LogP contribution in [0.3, 0.4) is 0 Å². The Morgan fingerprint density at radius 1 is 1.50 bits per heavy atom. The molecule has 1 atom stereocenters. The van der Waals surface area contributed by atoms with Crippen molar-refractivity contribution >= 4 is 23.0 Å². The van der Waals surface area contributed by atoms with Crippen LogP contribution >= 0.6 is 11.3 Å². The summed E-state index contributed by atoms with van der Waals surface area (Å²) in [6, 6.07) is -0.0145. The fourth-order valence-corrected chi connectivity index (χ4v) is 2.68. The van der Waals surface area contributed by atoms with E-state index >= 15 is 0 Å². The van der Waals surface area contributed by atoms with E-state index in [-0.39, 0.29) is 24.2 Å². The average molecular weight is 238 g/mol. The minimum absolute atomic E-state index is 0.0145. The van der Waals surface area contributed by atoms with Gasteiger partial charge in [-0.05, 0) is 13.8 Å². The summed E-state index contributed by atoms with van der Waals surface area (Å²) in [7, 11) is 0. The molecule has 4 nitrogen and oxygen atoms in total. The van der Waals surface area contributed by atoms with Crippen molar-refractivity contribution < 1.29 is 9.59 Å². The standard InChI is InChI=1S/C11H14N2O2S/c1-7-6-12-11(16-7)8(2)13-4-3-9(14)5-10(13)15/h6,8H,3-5H2,1-2H3. The van der Waals surface area contributed by atoms with E-state index in [1.54, 1.807) is 16.2 Å². The molecule has 5 heteroatoms. The summed E-state index contributed by atoms with van der Waals surface area (Å²) in [5, 5.41) is 0.945. The number of hydrogen-bond donors (Lipinski definition) is 0. The molecule has 86 valence electrons. The van der Waals surface area contributed by atoms with Gasteiger partial charge in [-0.2, -0.15) is 0 Å². The number of carbonyl (C=O) groups is 2. The third kappa shape index (κ3) is 2.14. The van der Waals surface area contributed by atoms with Gasteiger partial charge in [-0.3, -0.25) is 9.59 Å². The van der Waals surface area contributed by atoms with E-state index in [1.807, 2.05) is 20.0 Å². The summed E-state index contributed by atoms with van der Waals surface area (Å²) in [5.41, 5.74) is 0. The first-order chi connectivity index (χ1) is 7.58. The number of likely N-dealkylation sites (tertiary alicyclic amines) is 1. The number of rotatable bonds is 2. The highest BCUT2D eigenvalue weighted by Gasteiger charge is 2.29. The van der Waals surface area contributed by atoms with E-state index in [0.717, 1.165) is 9.88 Å². The zero-order valence-electron chi connectivity index (χ0n) is 9.40. The van der Waals surface area contributed by atoms with Gasteiger partial charge in [0, 0.05) is 24.0 Å². The maximum atomic E-state index is 11.7. The zero-order valence-corrected chi connectivity index (χ0v) is 10.2. The molecule has 1 saturated heterocycles. The number of piperidine rings is 1. The number of nitrogens with zero attached hydrogens (tertiary/aromatic N) is 2. The molecule has 2 rings (SSSR count). The number of aromatic nitrogens is 1. The maximum Gasteiger partial charge on any atom is 0.230 e. The van der Waals surface area contributed by atoms with Crippen LogP contribution in [0.2, 0.25) is 0 Å². The molecule has 1 aromatic rings. The summed E-state index contributed by atoms with van der Waals surface area (Å²) in [6.45, 7) is 4.48. The Balaban J connectivity index is 2.13. The number of carbonyl (C=O) groups excluding carboxylic acids is 2. The van der Waals surface area contributed by atoms with Gasteiger partial charge in [0.25, 0.3) is 0 Å². The highest BCUT2D eigenvalue weighted by atomic mass is 32.1. The normalized spacial score (nSPS) is 19.0. The third-order valence-electron chi connectivity index (χ3n) is 2.76. The maximum absolute atomic E-state index is 11.7. The summed E-state index contributed by atoms with van der Waals surface area (Å²) < 4.78 is 0. The predicted molar refractivity (Wildman–Crippen MR) is 61.2 cm³/mol. The average Bonchev–Trinajstić information content (AvgIpc) is 2.64. The van der Waals surface area contributed by atoms with Crippen LogP contribution in [0, 0.1) is 6.92 Å². The summed E-state index contributed by atoms with van der Waals surface area (Å²) in [5.74, 6) is -0.0274. The molecule has 1 unspecified atom stereocenters. The predicted octanol–water partition coefficient (Wildman–Crippen LogP) is 1.70. The molecule has 0 saturated carbocycles. The van der Waals surface area contributed by atoms with Gasteiger partial charge in [-0.15, -0.1) is 11.3 Å².